The average molecular weight is 385 g/mol. The van der Waals surface area contributed by atoms with Gasteiger partial charge in [0.25, 0.3) is 11.7 Å². The first kappa shape index (κ1) is 19.6. The van der Waals surface area contributed by atoms with Crippen molar-refractivity contribution in [3.63, 3.8) is 0 Å². The van der Waals surface area contributed by atoms with Gasteiger partial charge in [-0.05, 0) is 24.3 Å². The van der Waals surface area contributed by atoms with Gasteiger partial charge >= 0.3 is 0 Å². The number of H-pyrrole nitrogens is 1. The van der Waals surface area contributed by atoms with Crippen molar-refractivity contribution in [1.29, 1.82) is 0 Å². The van der Waals surface area contributed by atoms with E-state index < -0.39 is 0 Å². The van der Waals surface area contributed by atoms with Crippen LogP contribution in [0.1, 0.15) is 6.92 Å². The fraction of sp³-hybridized carbons (Fsp3) is 0.350. The topological polar surface area (TPSA) is 89.2 Å². The number of benzene rings is 1. The minimum absolute atomic E-state index is 0.0759. The number of carbonyl (C=O) groups excluding carboxylic acids is 2. The van der Waals surface area contributed by atoms with E-state index in [0.717, 1.165) is 32.0 Å². The van der Waals surface area contributed by atoms with E-state index in [1.54, 1.807) is 25.3 Å². The summed E-state index contributed by atoms with van der Waals surface area (Å²) in [5.74, 6) is 1.42. The SMILES string of the molecule is COc1ccc(NC(C)=O)cc1NC(=O)C[NH+]1CCN(c2cccc[nH+]2)CC1. The van der Waals surface area contributed by atoms with Crippen LogP contribution in [-0.2, 0) is 9.59 Å². The molecule has 2 heterocycles. The Labute approximate surface area is 164 Å². The van der Waals surface area contributed by atoms with Crippen LogP contribution in [-0.4, -0.2) is 51.6 Å². The van der Waals surface area contributed by atoms with E-state index in [1.165, 1.54) is 11.8 Å². The summed E-state index contributed by atoms with van der Waals surface area (Å²) in [6, 6.07) is 11.2. The quantitative estimate of drug-likeness (QED) is 0.643. The molecule has 3 rings (SSSR count). The molecule has 28 heavy (non-hydrogen) atoms. The first-order chi connectivity index (χ1) is 13.5. The molecule has 1 saturated heterocycles. The first-order valence-corrected chi connectivity index (χ1v) is 9.36. The molecule has 1 fully saturated rings. The monoisotopic (exact) mass is 385 g/mol. The van der Waals surface area contributed by atoms with E-state index in [0.29, 0.717) is 23.7 Å². The number of hydrogen-bond donors (Lipinski definition) is 3. The molecule has 0 spiro atoms. The summed E-state index contributed by atoms with van der Waals surface area (Å²) in [6.45, 7) is 5.39. The van der Waals surface area contributed by atoms with Crippen molar-refractivity contribution in [3.8, 4) is 5.75 Å². The lowest BCUT2D eigenvalue weighted by Gasteiger charge is -2.27. The molecule has 0 unspecified atom stereocenters. The number of quaternary nitrogens is 1. The van der Waals surface area contributed by atoms with Crippen LogP contribution in [0, 0.1) is 0 Å². The molecule has 2 aromatic rings. The van der Waals surface area contributed by atoms with Crippen molar-refractivity contribution in [2.75, 3.05) is 55.4 Å². The highest BCUT2D eigenvalue weighted by Gasteiger charge is 2.27. The lowest BCUT2D eigenvalue weighted by Crippen LogP contribution is -3.15. The molecule has 148 valence electrons. The van der Waals surface area contributed by atoms with Crippen molar-refractivity contribution >= 4 is 29.0 Å². The Morgan fingerprint density at radius 2 is 1.96 bits per heavy atom. The number of aromatic nitrogens is 1. The van der Waals surface area contributed by atoms with Crippen LogP contribution in [0.2, 0.25) is 0 Å². The maximum atomic E-state index is 12.5. The summed E-state index contributed by atoms with van der Waals surface area (Å²) in [5, 5.41) is 5.62. The molecule has 0 radical (unpaired) electrons. The Morgan fingerprint density at radius 1 is 1.18 bits per heavy atom. The molecule has 8 nitrogen and oxygen atoms in total. The molecular formula is C20H27N5O3+2. The maximum Gasteiger partial charge on any atom is 0.279 e. The molecule has 0 atom stereocenters. The Bertz CT molecular complexity index is 820. The van der Waals surface area contributed by atoms with Gasteiger partial charge < -0.3 is 20.3 Å². The van der Waals surface area contributed by atoms with Crippen LogP contribution in [0.4, 0.5) is 17.2 Å². The summed E-state index contributed by atoms with van der Waals surface area (Å²) in [6.07, 6.45) is 1.92. The fourth-order valence-electron chi connectivity index (χ4n) is 3.33. The summed E-state index contributed by atoms with van der Waals surface area (Å²) in [5.41, 5.74) is 1.17. The van der Waals surface area contributed by atoms with E-state index in [4.69, 9.17) is 4.74 Å². The zero-order chi connectivity index (χ0) is 19.9. The lowest BCUT2D eigenvalue weighted by atomic mass is 10.2. The van der Waals surface area contributed by atoms with Crippen LogP contribution in [0.15, 0.2) is 42.6 Å². The Balaban J connectivity index is 1.55. The normalized spacial score (nSPS) is 14.4. The van der Waals surface area contributed by atoms with Crippen molar-refractivity contribution in [1.82, 2.24) is 0 Å². The van der Waals surface area contributed by atoms with Crippen molar-refractivity contribution in [3.05, 3.63) is 42.6 Å². The maximum absolute atomic E-state index is 12.5. The minimum atomic E-state index is -0.166. The third kappa shape index (κ3) is 5.20. The van der Waals surface area contributed by atoms with Crippen LogP contribution in [0.5, 0.6) is 5.75 Å². The van der Waals surface area contributed by atoms with Crippen molar-refractivity contribution in [2.45, 2.75) is 6.92 Å². The van der Waals surface area contributed by atoms with Crippen LogP contribution >= 0.6 is 0 Å². The number of anilines is 3. The second-order valence-corrected chi connectivity index (χ2v) is 6.81. The van der Waals surface area contributed by atoms with Gasteiger partial charge in [0, 0.05) is 18.7 Å². The number of methoxy groups -OCH3 is 1. The zero-order valence-corrected chi connectivity index (χ0v) is 16.2. The number of rotatable bonds is 6. The number of amides is 2. The highest BCUT2D eigenvalue weighted by atomic mass is 16.5. The molecule has 4 N–H and O–H groups in total. The van der Waals surface area contributed by atoms with Gasteiger partial charge in [-0.3, -0.25) is 14.5 Å². The van der Waals surface area contributed by atoms with Crippen LogP contribution in [0.25, 0.3) is 0 Å². The predicted molar refractivity (Wildman–Crippen MR) is 107 cm³/mol. The average Bonchev–Trinajstić information content (AvgIpc) is 2.69. The molecule has 1 aliphatic heterocycles. The molecule has 1 aliphatic rings. The third-order valence-corrected chi connectivity index (χ3v) is 4.71. The molecule has 2 amide bonds. The van der Waals surface area contributed by atoms with Gasteiger partial charge in [-0.15, -0.1) is 0 Å². The highest BCUT2D eigenvalue weighted by molar-refractivity contribution is 5.95. The zero-order valence-electron chi connectivity index (χ0n) is 16.2. The van der Waals surface area contributed by atoms with Gasteiger partial charge in [-0.1, -0.05) is 6.07 Å². The molecular weight excluding hydrogens is 358 g/mol. The Kier molecular flexibility index (Phi) is 6.44. The lowest BCUT2D eigenvalue weighted by molar-refractivity contribution is -0.892. The van der Waals surface area contributed by atoms with E-state index in [1.807, 2.05) is 18.3 Å². The number of ether oxygens (including phenoxy) is 1. The number of pyridine rings is 1. The predicted octanol–water partition coefficient (Wildman–Crippen LogP) is -0.189. The first-order valence-electron chi connectivity index (χ1n) is 9.36. The second-order valence-electron chi connectivity index (χ2n) is 6.81. The van der Waals surface area contributed by atoms with Crippen LogP contribution in [0.3, 0.4) is 0 Å². The van der Waals surface area contributed by atoms with Gasteiger partial charge in [0.15, 0.2) is 6.54 Å². The number of carbonyl (C=O) groups is 2. The summed E-state index contributed by atoms with van der Waals surface area (Å²) in [7, 11) is 1.55. The summed E-state index contributed by atoms with van der Waals surface area (Å²) < 4.78 is 5.31. The highest BCUT2D eigenvalue weighted by Crippen LogP contribution is 2.27. The number of nitrogens with zero attached hydrogens (tertiary/aromatic N) is 1. The smallest absolute Gasteiger partial charge is 0.279 e. The molecule has 1 aromatic carbocycles. The fourth-order valence-corrected chi connectivity index (χ4v) is 3.33. The van der Waals surface area contributed by atoms with Gasteiger partial charge in [0.2, 0.25) is 5.91 Å². The second kappa shape index (κ2) is 9.18. The van der Waals surface area contributed by atoms with E-state index in [9.17, 15) is 9.59 Å². The number of hydrogen-bond acceptors (Lipinski definition) is 4. The minimum Gasteiger partial charge on any atom is -0.495 e. The van der Waals surface area contributed by atoms with Gasteiger partial charge in [-0.25, -0.2) is 4.98 Å². The van der Waals surface area contributed by atoms with Crippen LogP contribution < -0.4 is 30.2 Å². The van der Waals surface area contributed by atoms with Crippen molar-refractivity contribution < 1.29 is 24.2 Å². The largest absolute Gasteiger partial charge is 0.495 e. The molecule has 0 saturated carbocycles. The molecule has 0 aliphatic carbocycles. The van der Waals surface area contributed by atoms with Gasteiger partial charge in [-0.2, -0.15) is 0 Å². The molecule has 8 heteroatoms. The molecule has 0 bridgehead atoms. The standard InChI is InChI=1S/C20H25N5O3/c1-15(26)22-16-6-7-18(28-2)17(13-16)23-20(27)14-24-9-11-25(12-10-24)19-5-3-4-8-21-19/h3-8,13H,9-12,14H2,1-2H3,(H,22,26)(H,23,27)/p+2. The van der Waals surface area contributed by atoms with Crippen molar-refractivity contribution in [2.24, 2.45) is 0 Å². The van der Waals surface area contributed by atoms with E-state index in [-0.39, 0.29) is 11.8 Å². The third-order valence-electron chi connectivity index (χ3n) is 4.71. The Morgan fingerprint density at radius 3 is 2.61 bits per heavy atom. The van der Waals surface area contributed by atoms with Gasteiger partial charge in [0.1, 0.15) is 31.9 Å². The molecule has 1 aromatic heterocycles. The number of piperazine rings is 1. The van der Waals surface area contributed by atoms with Gasteiger partial charge in [0.05, 0.1) is 19.0 Å². The summed E-state index contributed by atoms with van der Waals surface area (Å²) >= 11 is 0. The Hall–Kier alpha value is -3.13. The number of nitrogens with one attached hydrogen (secondary N) is 4. The number of aromatic amines is 1. The van der Waals surface area contributed by atoms with E-state index in [2.05, 4.69) is 26.6 Å². The van der Waals surface area contributed by atoms with E-state index >= 15 is 0 Å². The summed E-state index contributed by atoms with van der Waals surface area (Å²) in [4.78, 5) is 30.6.